The van der Waals surface area contributed by atoms with Gasteiger partial charge in [-0.2, -0.15) is 10.5 Å². The third kappa shape index (κ3) is 3.51. The van der Waals surface area contributed by atoms with E-state index in [1.54, 1.807) is 6.07 Å². The molecule has 0 bridgehead atoms. The summed E-state index contributed by atoms with van der Waals surface area (Å²) in [7, 11) is -3.56. The van der Waals surface area contributed by atoms with E-state index in [0.717, 1.165) is 6.26 Å². The second-order valence-corrected chi connectivity index (χ2v) is 5.85. The van der Waals surface area contributed by atoms with Crippen molar-refractivity contribution in [2.24, 2.45) is 0 Å². The molecule has 0 aliphatic carbocycles. The van der Waals surface area contributed by atoms with Crippen molar-refractivity contribution in [1.82, 2.24) is 0 Å². The first-order valence-corrected chi connectivity index (χ1v) is 7.05. The van der Waals surface area contributed by atoms with Gasteiger partial charge >= 0.3 is 0 Å². The molecule has 0 heterocycles. The summed E-state index contributed by atoms with van der Waals surface area (Å²) in [4.78, 5) is 11.1. The number of carbonyl (C=O) groups is 1. The van der Waals surface area contributed by atoms with Crippen molar-refractivity contribution in [1.29, 1.82) is 10.5 Å². The van der Waals surface area contributed by atoms with E-state index >= 15 is 0 Å². The van der Waals surface area contributed by atoms with Crippen LogP contribution in [0.15, 0.2) is 28.7 Å². The average Bonchev–Trinajstić information content (AvgIpc) is 2.34. The van der Waals surface area contributed by atoms with E-state index in [-0.39, 0.29) is 21.6 Å². The molecule has 19 heavy (non-hydrogen) atoms. The number of Topliss-reactive ketones (excluding diaryl/α,β-unsaturated/α-hetero) is 1. The molecular formula is C13H10N2O3S. The Hall–Kier alpha value is -2.44. The van der Waals surface area contributed by atoms with Gasteiger partial charge in [-0.1, -0.05) is 6.07 Å². The molecule has 96 valence electrons. The molecule has 6 heteroatoms. The lowest BCUT2D eigenvalue weighted by atomic mass is 10.1. The Morgan fingerprint density at radius 1 is 1.32 bits per heavy atom. The van der Waals surface area contributed by atoms with Crippen molar-refractivity contribution < 1.29 is 13.2 Å². The Morgan fingerprint density at radius 2 is 1.95 bits per heavy atom. The minimum atomic E-state index is -3.56. The van der Waals surface area contributed by atoms with Crippen LogP contribution in [0.2, 0.25) is 0 Å². The molecule has 0 saturated carbocycles. The lowest BCUT2D eigenvalue weighted by molar-refractivity contribution is -0.113. The Kier molecular flexibility index (Phi) is 4.21. The van der Waals surface area contributed by atoms with E-state index in [9.17, 15) is 13.2 Å². The maximum atomic E-state index is 11.7. The Labute approximate surface area is 111 Å². The van der Waals surface area contributed by atoms with Gasteiger partial charge < -0.3 is 0 Å². The van der Waals surface area contributed by atoms with Crippen LogP contribution in [-0.4, -0.2) is 20.5 Å². The smallest absolute Gasteiger partial charge is 0.176 e. The summed E-state index contributed by atoms with van der Waals surface area (Å²) in [6, 6.07) is 7.59. The maximum absolute atomic E-state index is 11.7. The van der Waals surface area contributed by atoms with Crippen LogP contribution in [-0.2, 0) is 14.6 Å². The minimum Gasteiger partial charge on any atom is -0.294 e. The van der Waals surface area contributed by atoms with Crippen molar-refractivity contribution in [2.75, 3.05) is 6.26 Å². The zero-order valence-corrected chi connectivity index (χ0v) is 11.2. The van der Waals surface area contributed by atoms with E-state index in [4.69, 9.17) is 10.5 Å². The van der Waals surface area contributed by atoms with Crippen LogP contribution in [0, 0.1) is 22.7 Å². The van der Waals surface area contributed by atoms with Crippen molar-refractivity contribution >= 4 is 21.7 Å². The molecule has 0 saturated heterocycles. The van der Waals surface area contributed by atoms with Gasteiger partial charge in [0.15, 0.2) is 15.6 Å². The summed E-state index contributed by atoms with van der Waals surface area (Å²) in [5.74, 6) is -0.452. The topological polar surface area (TPSA) is 98.8 Å². The number of carbonyl (C=O) groups excluding carboxylic acids is 1. The van der Waals surface area contributed by atoms with Crippen LogP contribution >= 0.6 is 0 Å². The first-order valence-electron chi connectivity index (χ1n) is 5.16. The zero-order chi connectivity index (χ0) is 14.6. The second kappa shape index (κ2) is 5.47. The Balaban J connectivity index is 3.59. The van der Waals surface area contributed by atoms with Gasteiger partial charge in [-0.25, -0.2) is 8.42 Å². The van der Waals surface area contributed by atoms with Crippen molar-refractivity contribution in [2.45, 2.75) is 11.8 Å². The third-order valence-electron chi connectivity index (χ3n) is 2.34. The third-order valence-corrected chi connectivity index (χ3v) is 3.49. The number of sulfone groups is 1. The average molecular weight is 274 g/mol. The van der Waals surface area contributed by atoms with Crippen LogP contribution in [0.5, 0.6) is 0 Å². The van der Waals surface area contributed by atoms with Gasteiger partial charge in [0.25, 0.3) is 0 Å². The summed E-state index contributed by atoms with van der Waals surface area (Å²) in [5, 5.41) is 17.6. The number of nitriles is 2. The van der Waals surface area contributed by atoms with Gasteiger partial charge in [0.1, 0.15) is 6.07 Å². The summed E-state index contributed by atoms with van der Waals surface area (Å²) < 4.78 is 23.3. The quantitative estimate of drug-likeness (QED) is 0.613. The largest absolute Gasteiger partial charge is 0.294 e. The highest BCUT2D eigenvalue weighted by atomic mass is 32.2. The SMILES string of the molecule is CC(=O)/C(C#N)=C\c1ccc(C#N)cc1S(C)(=O)=O. The second-order valence-electron chi connectivity index (χ2n) is 3.86. The van der Waals surface area contributed by atoms with E-state index in [2.05, 4.69) is 0 Å². The number of allylic oxidation sites excluding steroid dienone is 1. The zero-order valence-electron chi connectivity index (χ0n) is 10.3. The molecule has 0 radical (unpaired) electrons. The van der Waals surface area contributed by atoms with Crippen LogP contribution < -0.4 is 0 Å². The number of nitrogens with zero attached hydrogens (tertiary/aromatic N) is 2. The molecule has 1 aromatic carbocycles. The Morgan fingerprint density at radius 3 is 2.37 bits per heavy atom. The first kappa shape index (κ1) is 14.6. The van der Waals surface area contributed by atoms with Crippen molar-refractivity contribution in [3.05, 3.63) is 34.9 Å². The molecule has 0 atom stereocenters. The van der Waals surface area contributed by atoms with Crippen LogP contribution in [0.25, 0.3) is 6.08 Å². The van der Waals surface area contributed by atoms with Crippen molar-refractivity contribution in [3.63, 3.8) is 0 Å². The molecule has 0 amide bonds. The predicted molar refractivity (Wildman–Crippen MR) is 68.5 cm³/mol. The summed E-state index contributed by atoms with van der Waals surface area (Å²) in [5.41, 5.74) is 0.266. The van der Waals surface area contributed by atoms with Crippen molar-refractivity contribution in [3.8, 4) is 12.1 Å². The monoisotopic (exact) mass is 274 g/mol. The van der Waals surface area contributed by atoms with Gasteiger partial charge in [-0.05, 0) is 30.7 Å². The number of hydrogen-bond donors (Lipinski definition) is 0. The molecule has 0 aliphatic rings. The fourth-order valence-corrected chi connectivity index (χ4v) is 2.31. The van der Waals surface area contributed by atoms with Gasteiger partial charge in [-0.3, -0.25) is 4.79 Å². The fourth-order valence-electron chi connectivity index (χ4n) is 1.41. The molecule has 1 aromatic rings. The summed E-state index contributed by atoms with van der Waals surface area (Å²) in [6.07, 6.45) is 2.21. The standard InChI is InChI=1S/C13H10N2O3S/c1-9(16)12(8-15)6-11-4-3-10(7-14)5-13(11)19(2,17)18/h3-6H,1-2H3/b12-6-. The normalized spacial score (nSPS) is 11.5. The molecule has 0 spiro atoms. The highest BCUT2D eigenvalue weighted by Gasteiger charge is 2.14. The number of hydrogen-bond acceptors (Lipinski definition) is 5. The van der Waals surface area contributed by atoms with Crippen LogP contribution in [0.4, 0.5) is 0 Å². The van der Waals surface area contributed by atoms with Gasteiger partial charge in [0.05, 0.1) is 22.1 Å². The molecule has 0 aliphatic heterocycles. The number of ketones is 1. The van der Waals surface area contributed by atoms with Gasteiger partial charge in [0.2, 0.25) is 0 Å². The molecule has 0 unspecified atom stereocenters. The number of rotatable bonds is 3. The maximum Gasteiger partial charge on any atom is 0.176 e. The van der Waals surface area contributed by atoms with Crippen LogP contribution in [0.3, 0.4) is 0 Å². The lowest BCUT2D eigenvalue weighted by Gasteiger charge is -2.04. The molecular weight excluding hydrogens is 264 g/mol. The van der Waals surface area contributed by atoms with E-state index in [0.29, 0.717) is 0 Å². The first-order chi connectivity index (χ1) is 8.79. The Bertz CT molecular complexity index is 747. The molecule has 5 nitrogen and oxygen atoms in total. The van der Waals surface area contributed by atoms with Crippen LogP contribution in [0.1, 0.15) is 18.1 Å². The molecule has 0 N–H and O–H groups in total. The molecule has 1 rings (SSSR count). The highest BCUT2D eigenvalue weighted by Crippen LogP contribution is 2.20. The minimum absolute atomic E-state index is 0.0828. The molecule has 0 aromatic heterocycles. The van der Waals surface area contributed by atoms with Gasteiger partial charge in [0, 0.05) is 6.26 Å². The van der Waals surface area contributed by atoms with E-state index in [1.807, 2.05) is 6.07 Å². The number of benzene rings is 1. The summed E-state index contributed by atoms with van der Waals surface area (Å²) >= 11 is 0. The molecule has 0 fully saturated rings. The summed E-state index contributed by atoms with van der Waals surface area (Å²) in [6.45, 7) is 1.22. The lowest BCUT2D eigenvalue weighted by Crippen LogP contribution is -2.02. The highest BCUT2D eigenvalue weighted by molar-refractivity contribution is 7.90. The predicted octanol–water partition coefficient (Wildman–Crippen LogP) is 1.46. The fraction of sp³-hybridized carbons (Fsp3) is 0.154. The van der Waals surface area contributed by atoms with E-state index in [1.165, 1.54) is 31.2 Å². The van der Waals surface area contributed by atoms with Gasteiger partial charge in [-0.15, -0.1) is 0 Å². The van der Waals surface area contributed by atoms with E-state index < -0.39 is 15.6 Å².